The van der Waals surface area contributed by atoms with Crippen LogP contribution in [0.25, 0.3) is 0 Å². The fourth-order valence-electron chi connectivity index (χ4n) is 1.29. The average molecular weight is 211 g/mol. The van der Waals surface area contributed by atoms with E-state index in [2.05, 4.69) is 0 Å². The lowest BCUT2D eigenvalue weighted by Gasteiger charge is -2.13. The van der Waals surface area contributed by atoms with Crippen molar-refractivity contribution in [3.8, 4) is 11.5 Å². The van der Waals surface area contributed by atoms with Crippen LogP contribution in [0.4, 0.5) is 0 Å². The van der Waals surface area contributed by atoms with Gasteiger partial charge in [-0.05, 0) is 12.5 Å². The third-order valence-electron chi connectivity index (χ3n) is 2.18. The Kier molecular flexibility index (Phi) is 3.16. The maximum atomic E-state index is 10.4. The summed E-state index contributed by atoms with van der Waals surface area (Å²) in [6.07, 6.45) is -0.296. The Morgan fingerprint density at radius 2 is 2.00 bits per heavy atom. The lowest BCUT2D eigenvalue weighted by molar-refractivity contribution is -0.137. The number of aromatic hydroxyl groups is 2. The fraction of sp³-hybridized carbons (Fsp3) is 0.300. The normalized spacial score (nSPS) is 12.4. The Morgan fingerprint density at radius 1 is 1.40 bits per heavy atom. The number of phenols is 2. The van der Waals surface area contributed by atoms with E-state index in [9.17, 15) is 15.0 Å². The van der Waals surface area contributed by atoms with Gasteiger partial charge in [0.05, 0.1) is 6.42 Å². The highest BCUT2D eigenvalue weighted by Gasteiger charge is 2.17. The summed E-state index contributed by atoms with van der Waals surface area (Å²) in [6, 6.07) is 2.26. The molecule has 82 valence electrons. The summed E-state index contributed by atoms with van der Waals surface area (Å²) in [4.78, 5) is 10.4. The van der Waals surface area contributed by atoms with Gasteiger partial charge < -0.3 is 21.1 Å². The Morgan fingerprint density at radius 3 is 2.53 bits per heavy atom. The van der Waals surface area contributed by atoms with Crippen LogP contribution in [0, 0.1) is 6.92 Å². The largest absolute Gasteiger partial charge is 0.504 e. The van der Waals surface area contributed by atoms with Crippen molar-refractivity contribution >= 4 is 5.97 Å². The van der Waals surface area contributed by atoms with Gasteiger partial charge in [0.2, 0.25) is 0 Å². The SMILES string of the molecule is Cc1ccc(C(N)CC(=O)O)c(O)c1O. The maximum absolute atomic E-state index is 10.4. The van der Waals surface area contributed by atoms with Crippen LogP contribution in [-0.4, -0.2) is 21.3 Å². The van der Waals surface area contributed by atoms with Crippen molar-refractivity contribution in [2.24, 2.45) is 5.73 Å². The van der Waals surface area contributed by atoms with Crippen molar-refractivity contribution in [1.82, 2.24) is 0 Å². The zero-order valence-electron chi connectivity index (χ0n) is 8.27. The Bertz CT molecular complexity index is 389. The molecule has 0 spiro atoms. The number of hydrogen-bond acceptors (Lipinski definition) is 4. The van der Waals surface area contributed by atoms with Gasteiger partial charge in [-0.15, -0.1) is 0 Å². The van der Waals surface area contributed by atoms with E-state index in [0.29, 0.717) is 5.56 Å². The number of aliphatic carboxylic acids is 1. The molecule has 5 heteroatoms. The highest BCUT2D eigenvalue weighted by molar-refractivity contribution is 5.68. The molecule has 0 bridgehead atoms. The quantitative estimate of drug-likeness (QED) is 0.555. The maximum Gasteiger partial charge on any atom is 0.305 e. The number of hydrogen-bond donors (Lipinski definition) is 4. The summed E-state index contributed by atoms with van der Waals surface area (Å²) in [7, 11) is 0. The first-order valence-corrected chi connectivity index (χ1v) is 4.42. The van der Waals surface area contributed by atoms with Gasteiger partial charge in [-0.2, -0.15) is 0 Å². The van der Waals surface area contributed by atoms with Crippen LogP contribution in [0.1, 0.15) is 23.6 Å². The molecule has 0 radical (unpaired) electrons. The van der Waals surface area contributed by atoms with Crippen LogP contribution in [0.2, 0.25) is 0 Å². The highest BCUT2D eigenvalue weighted by atomic mass is 16.4. The summed E-state index contributed by atoms with van der Waals surface area (Å²) in [5, 5.41) is 27.5. The van der Waals surface area contributed by atoms with Crippen molar-refractivity contribution in [2.45, 2.75) is 19.4 Å². The average Bonchev–Trinajstić information content (AvgIpc) is 2.13. The van der Waals surface area contributed by atoms with Gasteiger partial charge in [0, 0.05) is 11.6 Å². The lowest BCUT2D eigenvalue weighted by atomic mass is 10.0. The third kappa shape index (κ3) is 2.38. The van der Waals surface area contributed by atoms with Crippen molar-refractivity contribution in [3.63, 3.8) is 0 Å². The molecule has 1 unspecified atom stereocenters. The Hall–Kier alpha value is -1.75. The molecule has 15 heavy (non-hydrogen) atoms. The van der Waals surface area contributed by atoms with Gasteiger partial charge in [0.1, 0.15) is 0 Å². The molecule has 1 aromatic carbocycles. The van der Waals surface area contributed by atoms with Crippen molar-refractivity contribution < 1.29 is 20.1 Å². The van der Waals surface area contributed by atoms with Gasteiger partial charge in [-0.3, -0.25) is 4.79 Å². The third-order valence-corrected chi connectivity index (χ3v) is 2.18. The Balaban J connectivity index is 3.05. The first-order valence-electron chi connectivity index (χ1n) is 4.42. The van der Waals surface area contributed by atoms with Crippen LogP contribution in [0.3, 0.4) is 0 Å². The second-order valence-corrected chi connectivity index (χ2v) is 3.37. The first kappa shape index (κ1) is 11.3. The van der Waals surface area contributed by atoms with Crippen molar-refractivity contribution in [3.05, 3.63) is 23.3 Å². The molecule has 0 aliphatic heterocycles. The van der Waals surface area contributed by atoms with Crippen LogP contribution in [0.5, 0.6) is 11.5 Å². The van der Waals surface area contributed by atoms with E-state index in [0.717, 1.165) is 0 Å². The minimum absolute atomic E-state index is 0.237. The molecular formula is C10H13NO4. The van der Waals surface area contributed by atoms with Crippen molar-refractivity contribution in [2.75, 3.05) is 0 Å². The fourth-order valence-corrected chi connectivity index (χ4v) is 1.29. The smallest absolute Gasteiger partial charge is 0.305 e. The number of carbonyl (C=O) groups is 1. The van der Waals surface area contributed by atoms with E-state index in [1.54, 1.807) is 13.0 Å². The van der Waals surface area contributed by atoms with Crippen molar-refractivity contribution in [1.29, 1.82) is 0 Å². The van der Waals surface area contributed by atoms with Gasteiger partial charge >= 0.3 is 5.97 Å². The van der Waals surface area contributed by atoms with E-state index in [1.165, 1.54) is 6.07 Å². The van der Waals surface area contributed by atoms with Crippen LogP contribution >= 0.6 is 0 Å². The highest BCUT2D eigenvalue weighted by Crippen LogP contribution is 2.35. The molecule has 0 aliphatic carbocycles. The lowest BCUT2D eigenvalue weighted by Crippen LogP contribution is -2.15. The molecule has 0 aromatic heterocycles. The van der Waals surface area contributed by atoms with Crippen LogP contribution in [0.15, 0.2) is 12.1 Å². The van der Waals surface area contributed by atoms with E-state index in [-0.39, 0.29) is 23.5 Å². The molecular weight excluding hydrogens is 198 g/mol. The minimum atomic E-state index is -1.05. The van der Waals surface area contributed by atoms with E-state index in [4.69, 9.17) is 10.8 Å². The number of rotatable bonds is 3. The first-order chi connectivity index (χ1) is 6.93. The second kappa shape index (κ2) is 4.18. The molecule has 0 saturated heterocycles. The molecule has 0 amide bonds. The molecule has 1 aromatic rings. The van der Waals surface area contributed by atoms with Gasteiger partial charge in [0.25, 0.3) is 0 Å². The minimum Gasteiger partial charge on any atom is -0.504 e. The van der Waals surface area contributed by atoms with Crippen LogP contribution in [-0.2, 0) is 4.79 Å². The summed E-state index contributed by atoms with van der Waals surface area (Å²) in [6.45, 7) is 1.63. The summed E-state index contributed by atoms with van der Waals surface area (Å²) >= 11 is 0. The van der Waals surface area contributed by atoms with E-state index in [1.807, 2.05) is 0 Å². The number of carboxylic acid groups (broad SMARTS) is 1. The molecule has 1 rings (SSSR count). The predicted octanol–water partition coefficient (Wildman–Crippen LogP) is 0.881. The van der Waals surface area contributed by atoms with Crippen LogP contribution < -0.4 is 5.73 Å². The van der Waals surface area contributed by atoms with Gasteiger partial charge in [-0.25, -0.2) is 0 Å². The van der Waals surface area contributed by atoms with Gasteiger partial charge in [0.15, 0.2) is 11.5 Å². The summed E-state index contributed by atoms with van der Waals surface area (Å²) < 4.78 is 0. The number of phenolic OH excluding ortho intramolecular Hbond substituents is 2. The molecule has 0 aliphatic rings. The Labute approximate surface area is 86.8 Å². The van der Waals surface area contributed by atoms with E-state index >= 15 is 0 Å². The summed E-state index contributed by atoms with van der Waals surface area (Å²) in [5.74, 6) is -1.65. The second-order valence-electron chi connectivity index (χ2n) is 3.37. The van der Waals surface area contributed by atoms with Gasteiger partial charge in [-0.1, -0.05) is 12.1 Å². The molecule has 0 saturated carbocycles. The predicted molar refractivity (Wildman–Crippen MR) is 53.7 cm³/mol. The number of aryl methyl sites for hydroxylation is 1. The zero-order chi connectivity index (χ0) is 11.6. The number of carboxylic acids is 1. The van der Waals surface area contributed by atoms with E-state index < -0.39 is 12.0 Å². The topological polar surface area (TPSA) is 104 Å². The summed E-state index contributed by atoms with van der Waals surface area (Å²) in [5.41, 5.74) is 6.31. The standard InChI is InChI=1S/C10H13NO4/c1-5-2-3-6(10(15)9(5)14)7(11)4-8(12)13/h2-3,7,14-15H,4,11H2,1H3,(H,12,13). The zero-order valence-corrected chi connectivity index (χ0v) is 8.27. The number of benzene rings is 1. The molecule has 5 N–H and O–H groups in total. The number of nitrogens with two attached hydrogens (primary N) is 1. The molecule has 1 atom stereocenters. The molecule has 0 heterocycles. The molecule has 5 nitrogen and oxygen atoms in total. The monoisotopic (exact) mass is 211 g/mol. The molecule has 0 fully saturated rings.